The molecule has 6 atom stereocenters. The van der Waals surface area contributed by atoms with Gasteiger partial charge >= 0.3 is 0 Å². The Morgan fingerprint density at radius 2 is 1.00 bits per heavy atom. The van der Waals surface area contributed by atoms with E-state index in [9.17, 15) is 18.2 Å². The van der Waals surface area contributed by atoms with Crippen LogP contribution >= 0.6 is 0 Å². The Labute approximate surface area is 140 Å². The molecule has 0 spiro atoms. The summed E-state index contributed by atoms with van der Waals surface area (Å²) in [4.78, 5) is 0. The molecule has 0 aromatic rings. The Hall–Kier alpha value is 1.24. The topological polar surface area (TPSA) is 92.2 Å². The van der Waals surface area contributed by atoms with Crippen molar-refractivity contribution in [3.05, 3.63) is 0 Å². The molecule has 21 heavy (non-hydrogen) atoms. The second kappa shape index (κ2) is 12.6. The monoisotopic (exact) mass is 376 g/mol. The predicted octanol–water partition coefficient (Wildman–Crippen LogP) is 2.58. The molecule has 0 fully saturated rings. The number of rotatable bonds is 12. The average molecular weight is 377 g/mol. The maximum atomic E-state index is 11.8. The fraction of sp³-hybridized carbons (Fsp3) is 1.00. The summed E-state index contributed by atoms with van der Waals surface area (Å²) in [5, 5.41) is -0.0624. The highest BCUT2D eigenvalue weighted by Crippen LogP contribution is 2.18. The SMILES string of the molecule is CCC(C)[S+]([O-])[S+]([O-])CCCCC[S+]([O-])[S+]([O-])C(C)CC. The van der Waals surface area contributed by atoms with Gasteiger partial charge in [-0.1, -0.05) is 13.8 Å². The third kappa shape index (κ3) is 9.20. The third-order valence-electron chi connectivity index (χ3n) is 3.30. The molecule has 4 nitrogen and oxygen atoms in total. The van der Waals surface area contributed by atoms with Gasteiger partial charge in [0, 0.05) is 0 Å². The van der Waals surface area contributed by atoms with E-state index in [2.05, 4.69) is 0 Å². The summed E-state index contributed by atoms with van der Waals surface area (Å²) >= 11 is 0. The Morgan fingerprint density at radius 1 is 0.667 bits per heavy atom. The van der Waals surface area contributed by atoms with Crippen molar-refractivity contribution >= 4 is 40.8 Å². The molecule has 0 saturated carbocycles. The molecular formula is C13H28O4S4. The van der Waals surface area contributed by atoms with Crippen LogP contribution in [0.3, 0.4) is 0 Å². The van der Waals surface area contributed by atoms with Gasteiger partial charge in [0.2, 0.25) is 0 Å². The minimum Gasteiger partial charge on any atom is -0.571 e. The molecule has 0 saturated heterocycles. The molecule has 0 bridgehead atoms. The van der Waals surface area contributed by atoms with E-state index in [1.54, 1.807) is 0 Å². The molecule has 128 valence electrons. The quantitative estimate of drug-likeness (QED) is 0.297. The van der Waals surface area contributed by atoms with E-state index in [0.29, 0.717) is 24.3 Å². The Kier molecular flexibility index (Phi) is 13.4. The second-order valence-electron chi connectivity index (χ2n) is 5.04. The van der Waals surface area contributed by atoms with E-state index in [0.717, 1.165) is 19.3 Å². The van der Waals surface area contributed by atoms with Crippen LogP contribution in [0.25, 0.3) is 0 Å². The van der Waals surface area contributed by atoms with Crippen molar-refractivity contribution < 1.29 is 18.2 Å². The van der Waals surface area contributed by atoms with E-state index in [4.69, 9.17) is 0 Å². The van der Waals surface area contributed by atoms with E-state index >= 15 is 0 Å². The minimum absolute atomic E-state index is 0.0312. The van der Waals surface area contributed by atoms with Crippen LogP contribution in [-0.4, -0.2) is 40.2 Å². The largest absolute Gasteiger partial charge is 0.571 e. The molecule has 8 heteroatoms. The Morgan fingerprint density at radius 3 is 1.29 bits per heavy atom. The van der Waals surface area contributed by atoms with Crippen LogP contribution in [-0.2, 0) is 40.8 Å². The van der Waals surface area contributed by atoms with Crippen LogP contribution in [0.1, 0.15) is 59.8 Å². The highest BCUT2D eigenvalue weighted by molar-refractivity contribution is 8.67. The van der Waals surface area contributed by atoms with Gasteiger partial charge in [0.25, 0.3) is 0 Å². The molecule has 0 aliphatic rings. The van der Waals surface area contributed by atoms with Gasteiger partial charge in [0.05, 0.1) is 0 Å². The second-order valence-corrected chi connectivity index (χ2v) is 13.9. The number of hydrogen-bond donors (Lipinski definition) is 0. The first-order valence-corrected chi connectivity index (χ1v) is 13.5. The van der Waals surface area contributed by atoms with Gasteiger partial charge < -0.3 is 18.2 Å². The van der Waals surface area contributed by atoms with Crippen LogP contribution in [0, 0.1) is 0 Å². The molecule has 0 aliphatic carbocycles. The maximum absolute atomic E-state index is 11.8. The van der Waals surface area contributed by atoms with Crippen LogP contribution in [0.15, 0.2) is 0 Å². The van der Waals surface area contributed by atoms with Crippen molar-refractivity contribution in [1.29, 1.82) is 0 Å². The molecule has 0 heterocycles. The first-order valence-electron chi connectivity index (χ1n) is 7.43. The van der Waals surface area contributed by atoms with Crippen LogP contribution < -0.4 is 0 Å². The lowest BCUT2D eigenvalue weighted by molar-refractivity contribution is 0.568. The zero-order valence-corrected chi connectivity index (χ0v) is 16.6. The molecule has 0 amide bonds. The minimum atomic E-state index is -1.29. The van der Waals surface area contributed by atoms with Crippen molar-refractivity contribution in [3.8, 4) is 0 Å². The summed E-state index contributed by atoms with van der Waals surface area (Å²) in [6.07, 6.45) is 3.73. The van der Waals surface area contributed by atoms with Crippen molar-refractivity contribution in [3.63, 3.8) is 0 Å². The first-order chi connectivity index (χ1) is 9.84. The fourth-order valence-corrected chi connectivity index (χ4v) is 8.61. The molecule has 0 aromatic heterocycles. The van der Waals surface area contributed by atoms with Gasteiger partial charge in [-0.25, -0.2) is 0 Å². The van der Waals surface area contributed by atoms with Crippen molar-refractivity contribution in [2.24, 2.45) is 0 Å². The molecular weight excluding hydrogens is 348 g/mol. The maximum Gasteiger partial charge on any atom is 0.173 e. The van der Waals surface area contributed by atoms with Crippen LogP contribution in [0.2, 0.25) is 0 Å². The highest BCUT2D eigenvalue weighted by atomic mass is 33.2. The summed E-state index contributed by atoms with van der Waals surface area (Å²) in [6.45, 7) is 7.57. The molecule has 0 aliphatic heterocycles. The summed E-state index contributed by atoms with van der Waals surface area (Å²) in [5.74, 6) is 0.857. The van der Waals surface area contributed by atoms with Crippen molar-refractivity contribution in [2.75, 3.05) is 11.5 Å². The summed E-state index contributed by atoms with van der Waals surface area (Å²) in [6, 6.07) is 0. The normalized spacial score (nSPS) is 20.6. The predicted molar refractivity (Wildman–Crippen MR) is 95.7 cm³/mol. The molecule has 0 N–H and O–H groups in total. The summed E-state index contributed by atoms with van der Waals surface area (Å²) < 4.78 is 47.1. The average Bonchev–Trinajstić information content (AvgIpc) is 2.50. The van der Waals surface area contributed by atoms with Gasteiger partial charge in [-0.15, -0.1) is 0 Å². The molecule has 0 rings (SSSR count). The fourth-order valence-electron chi connectivity index (χ4n) is 1.42. The van der Waals surface area contributed by atoms with Crippen LogP contribution in [0.5, 0.6) is 0 Å². The van der Waals surface area contributed by atoms with E-state index in [1.807, 2.05) is 27.7 Å². The van der Waals surface area contributed by atoms with Gasteiger partial charge in [-0.2, -0.15) is 0 Å². The zero-order valence-electron chi connectivity index (χ0n) is 13.4. The summed E-state index contributed by atoms with van der Waals surface area (Å²) in [7, 11) is -5.13. The van der Waals surface area contributed by atoms with Gasteiger partial charge in [-0.05, 0) is 46.0 Å². The standard InChI is InChI=1S/C13H28O4S4/c1-5-12(3)20(16)18(14)10-8-7-9-11-19(15)21(17)13(4)6-2/h12-13H,5-11H2,1-4H3. The van der Waals surface area contributed by atoms with Gasteiger partial charge in [0.1, 0.15) is 0 Å². The lowest BCUT2D eigenvalue weighted by Crippen LogP contribution is -2.28. The van der Waals surface area contributed by atoms with Crippen LogP contribution in [0.4, 0.5) is 0 Å². The first kappa shape index (κ1) is 22.2. The lowest BCUT2D eigenvalue weighted by Gasteiger charge is -2.17. The lowest BCUT2D eigenvalue weighted by atomic mass is 10.3. The molecule has 0 aromatic carbocycles. The number of unbranched alkanes of at least 4 members (excludes halogenated alkanes) is 2. The zero-order chi connectivity index (χ0) is 16.4. The Bertz CT molecular complexity index is 236. The molecule has 0 radical (unpaired) electrons. The molecule has 6 unspecified atom stereocenters. The van der Waals surface area contributed by atoms with E-state index < -0.39 is 40.8 Å². The summed E-state index contributed by atoms with van der Waals surface area (Å²) in [5.41, 5.74) is 0. The van der Waals surface area contributed by atoms with Crippen molar-refractivity contribution in [2.45, 2.75) is 70.3 Å². The van der Waals surface area contributed by atoms with Gasteiger partial charge in [0.15, 0.2) is 62.8 Å². The highest BCUT2D eigenvalue weighted by Gasteiger charge is 2.31. The third-order valence-corrected chi connectivity index (χ3v) is 12.4. The smallest absolute Gasteiger partial charge is 0.173 e. The van der Waals surface area contributed by atoms with E-state index in [-0.39, 0.29) is 10.5 Å². The van der Waals surface area contributed by atoms with E-state index in [1.165, 1.54) is 0 Å². The number of hydrogen-bond acceptors (Lipinski definition) is 4. The Balaban J connectivity index is 3.77. The van der Waals surface area contributed by atoms with Gasteiger partial charge in [-0.3, -0.25) is 0 Å². The van der Waals surface area contributed by atoms with Crippen molar-refractivity contribution in [1.82, 2.24) is 0 Å².